The van der Waals surface area contributed by atoms with Crippen LogP contribution in [0.5, 0.6) is 0 Å². The van der Waals surface area contributed by atoms with Crippen molar-refractivity contribution in [1.29, 1.82) is 0 Å². The first kappa shape index (κ1) is 29.6. The molecular weight excluding hydrogens is 527 g/mol. The lowest BCUT2D eigenvalue weighted by Crippen LogP contribution is -2.75. The van der Waals surface area contributed by atoms with E-state index in [-0.39, 0.29) is 5.59 Å². The molecule has 0 radical (unpaired) electrons. The van der Waals surface area contributed by atoms with Crippen LogP contribution in [0.4, 0.5) is 74.6 Å². The second-order valence-corrected chi connectivity index (χ2v) is 6.70. The number of hydrogen-bond donors (Lipinski definition) is 2. The summed E-state index contributed by atoms with van der Waals surface area (Å²) in [5, 5.41) is -7.75. The molecule has 0 saturated carbocycles. The monoisotopic (exact) mass is 530 g/mol. The topological polar surface area (TPSA) is 81.4 Å². The number of rotatable bonds is 9. The van der Waals surface area contributed by atoms with Crippen LogP contribution in [0, 0.1) is 0 Å². The molecule has 0 aliphatic carbocycles. The van der Waals surface area contributed by atoms with Gasteiger partial charge in [-0.05, 0) is 0 Å². The second-order valence-electron chi connectivity index (χ2n) is 5.12. The quantitative estimate of drug-likeness (QED) is 0.270. The molecule has 0 aromatic heterocycles. The van der Waals surface area contributed by atoms with Crippen molar-refractivity contribution < 1.29 is 87.3 Å². The molecule has 5 nitrogen and oxygen atoms in total. The van der Waals surface area contributed by atoms with E-state index in [0.29, 0.717) is 0 Å². The third kappa shape index (κ3) is 3.65. The number of nitrogens with one attached hydrogen (secondary N) is 1. The summed E-state index contributed by atoms with van der Waals surface area (Å²) in [5.41, 5.74) is 0.141. The molecule has 0 saturated heterocycles. The SMILES string of the molecule is NNOS(=O)(=O)C(F)(F)C(F)(F)C(F)(F)C(F)(F)C(F)(F)C(F)(F)C(F)(F)C(F)(F)F. The minimum Gasteiger partial charge on any atom is -0.247 e. The van der Waals surface area contributed by atoms with Crippen LogP contribution in [0.3, 0.4) is 0 Å². The van der Waals surface area contributed by atoms with E-state index in [9.17, 15) is 83.1 Å². The first-order valence-electron chi connectivity index (χ1n) is 6.16. The lowest BCUT2D eigenvalue weighted by molar-refractivity contribution is -0.458. The molecule has 0 aliphatic heterocycles. The fourth-order valence-corrected chi connectivity index (χ4v) is 2.10. The van der Waals surface area contributed by atoms with Gasteiger partial charge in [-0.1, -0.05) is 0 Å². The summed E-state index contributed by atoms with van der Waals surface area (Å²) < 4.78 is 242. The van der Waals surface area contributed by atoms with Crippen LogP contribution in [-0.2, 0) is 14.4 Å². The first-order chi connectivity index (χ1) is 13.1. The van der Waals surface area contributed by atoms with Gasteiger partial charge in [-0.3, -0.25) is 0 Å². The average Bonchev–Trinajstić information content (AvgIpc) is 2.52. The van der Waals surface area contributed by atoms with Crippen LogP contribution in [0.2, 0.25) is 0 Å². The Labute approximate surface area is 157 Å². The zero-order valence-corrected chi connectivity index (χ0v) is 14.0. The van der Waals surface area contributed by atoms with Gasteiger partial charge in [0.25, 0.3) is 0 Å². The number of halogens is 17. The minimum atomic E-state index is -8.89. The van der Waals surface area contributed by atoms with Gasteiger partial charge in [-0.2, -0.15) is 87.3 Å². The van der Waals surface area contributed by atoms with Gasteiger partial charge in [0.05, 0.1) is 0 Å². The standard InChI is InChI=1S/C8H3F17N2O3S/c9-1(10,3(13,14)5(17,18)7(21,22)23)2(11,12)4(15,16)6(19,20)8(24,25)31(28,29)30-27-26/h27H,26H2. The number of alkyl halides is 17. The van der Waals surface area contributed by atoms with Crippen LogP contribution in [0.1, 0.15) is 0 Å². The molecule has 188 valence electrons. The second kappa shape index (κ2) is 7.33. The van der Waals surface area contributed by atoms with E-state index in [4.69, 9.17) is 0 Å². The molecule has 3 N–H and O–H groups in total. The molecule has 23 heteroatoms. The molecule has 0 aromatic rings. The van der Waals surface area contributed by atoms with Crippen LogP contribution in [-0.4, -0.2) is 55.4 Å². The Bertz CT molecular complexity index is 773. The highest BCUT2D eigenvalue weighted by Gasteiger charge is 2.96. The number of hydrogen-bond acceptors (Lipinski definition) is 5. The summed E-state index contributed by atoms with van der Waals surface area (Å²) in [7, 11) is -7.64. The smallest absolute Gasteiger partial charge is 0.247 e. The Hall–Kier alpha value is -1.36. The summed E-state index contributed by atoms with van der Waals surface area (Å²) in [6.45, 7) is 0. The summed E-state index contributed by atoms with van der Waals surface area (Å²) in [6, 6.07) is 0. The molecule has 0 bridgehead atoms. The summed E-state index contributed by atoms with van der Waals surface area (Å²) in [4.78, 5) is 0. The molecule has 0 aliphatic rings. The normalized spacial score (nSPS) is 16.6. The Morgan fingerprint density at radius 2 is 0.774 bits per heavy atom. The Kier molecular flexibility index (Phi) is 7.01. The maximum Gasteiger partial charge on any atom is 0.460 e. The fraction of sp³-hybridized carbons (Fsp3) is 1.00. The van der Waals surface area contributed by atoms with Gasteiger partial charge in [0.1, 0.15) is 0 Å². The highest BCUT2D eigenvalue weighted by Crippen LogP contribution is 2.64. The predicted octanol–water partition coefficient (Wildman–Crippen LogP) is 3.68. The molecule has 0 spiro atoms. The van der Waals surface area contributed by atoms with Gasteiger partial charge in [0, 0.05) is 0 Å². The molecule has 0 rings (SSSR count). The molecule has 0 aromatic carbocycles. The van der Waals surface area contributed by atoms with Crippen LogP contribution < -0.4 is 11.4 Å². The van der Waals surface area contributed by atoms with Crippen LogP contribution >= 0.6 is 0 Å². The van der Waals surface area contributed by atoms with E-state index in [1.165, 1.54) is 0 Å². The molecule has 0 heterocycles. The molecule has 31 heavy (non-hydrogen) atoms. The summed E-state index contributed by atoms with van der Waals surface area (Å²) in [5.74, 6) is -48.0. The van der Waals surface area contributed by atoms with E-state index in [1.54, 1.807) is 0 Å². The largest absolute Gasteiger partial charge is 0.460 e. The maximum absolute atomic E-state index is 13.3. The lowest BCUT2D eigenvalue weighted by atomic mass is 9.91. The van der Waals surface area contributed by atoms with Crippen molar-refractivity contribution in [1.82, 2.24) is 5.59 Å². The van der Waals surface area contributed by atoms with E-state index >= 15 is 0 Å². The third-order valence-electron chi connectivity index (χ3n) is 3.17. The number of hydrazine groups is 1. The van der Waals surface area contributed by atoms with E-state index < -0.39 is 57.1 Å². The fourth-order valence-electron chi connectivity index (χ4n) is 1.42. The molecule has 0 unspecified atom stereocenters. The number of nitrogens with two attached hydrogens (primary N) is 1. The predicted molar refractivity (Wildman–Crippen MR) is 58.0 cm³/mol. The van der Waals surface area contributed by atoms with Crippen molar-refractivity contribution in [2.24, 2.45) is 5.84 Å². The van der Waals surface area contributed by atoms with Crippen molar-refractivity contribution in [3.8, 4) is 0 Å². The first-order valence-corrected chi connectivity index (χ1v) is 7.57. The Morgan fingerprint density at radius 1 is 0.516 bits per heavy atom. The van der Waals surface area contributed by atoms with E-state index in [1.807, 2.05) is 0 Å². The molecule has 0 amide bonds. The molecule has 0 fully saturated rings. The van der Waals surface area contributed by atoms with Crippen molar-refractivity contribution in [2.75, 3.05) is 0 Å². The zero-order chi connectivity index (χ0) is 25.9. The van der Waals surface area contributed by atoms with Crippen molar-refractivity contribution in [2.45, 2.75) is 47.0 Å². The van der Waals surface area contributed by atoms with Gasteiger partial charge in [-0.15, -0.1) is 5.59 Å². The van der Waals surface area contributed by atoms with Crippen molar-refractivity contribution in [3.63, 3.8) is 0 Å². The third-order valence-corrected chi connectivity index (χ3v) is 4.37. The highest BCUT2D eigenvalue weighted by molar-refractivity contribution is 7.87. The van der Waals surface area contributed by atoms with Gasteiger partial charge in [-0.25, -0.2) is 5.84 Å². The molecule has 0 atom stereocenters. The minimum absolute atomic E-state index is 0.141. The van der Waals surface area contributed by atoms with Crippen LogP contribution in [0.25, 0.3) is 0 Å². The Morgan fingerprint density at radius 3 is 1.03 bits per heavy atom. The summed E-state index contributed by atoms with van der Waals surface area (Å²) in [6.07, 6.45) is -7.89. The van der Waals surface area contributed by atoms with Gasteiger partial charge < -0.3 is 0 Å². The highest BCUT2D eigenvalue weighted by atomic mass is 32.2. The lowest BCUT2D eigenvalue weighted by Gasteiger charge is -2.42. The molecular formula is C8H3F17N2O3S. The van der Waals surface area contributed by atoms with Crippen molar-refractivity contribution in [3.05, 3.63) is 0 Å². The van der Waals surface area contributed by atoms with Gasteiger partial charge >= 0.3 is 57.1 Å². The van der Waals surface area contributed by atoms with E-state index in [0.717, 1.165) is 0 Å². The Balaban J connectivity index is 6.91. The van der Waals surface area contributed by atoms with Crippen LogP contribution in [0.15, 0.2) is 0 Å². The maximum atomic E-state index is 13.3. The zero-order valence-electron chi connectivity index (χ0n) is 13.1. The van der Waals surface area contributed by atoms with Gasteiger partial charge in [0.15, 0.2) is 0 Å². The van der Waals surface area contributed by atoms with E-state index in [2.05, 4.69) is 10.1 Å². The van der Waals surface area contributed by atoms with Gasteiger partial charge in [0.2, 0.25) is 0 Å². The summed E-state index contributed by atoms with van der Waals surface area (Å²) >= 11 is 0. The van der Waals surface area contributed by atoms with Crippen molar-refractivity contribution >= 4 is 10.1 Å². The average molecular weight is 530 g/mol.